The van der Waals surface area contributed by atoms with E-state index in [9.17, 15) is 4.79 Å². The van der Waals surface area contributed by atoms with Crippen LogP contribution in [0.2, 0.25) is 0 Å². The molecule has 104 valence electrons. The van der Waals surface area contributed by atoms with Crippen molar-refractivity contribution in [3.63, 3.8) is 0 Å². The van der Waals surface area contributed by atoms with Gasteiger partial charge < -0.3 is 0 Å². The molecule has 0 aromatic carbocycles. The summed E-state index contributed by atoms with van der Waals surface area (Å²) >= 11 is 0. The van der Waals surface area contributed by atoms with E-state index in [0.29, 0.717) is 11.3 Å². The Morgan fingerprint density at radius 2 is 1.75 bits per heavy atom. The predicted octanol–water partition coefficient (Wildman–Crippen LogP) is 4.75. The zero-order chi connectivity index (χ0) is 14.3. The third-order valence-electron chi connectivity index (χ3n) is 4.88. The van der Waals surface area contributed by atoms with Gasteiger partial charge in [0.25, 0.3) is 0 Å². The highest BCUT2D eigenvalue weighted by Gasteiger charge is 2.33. The molecule has 0 aliphatic heterocycles. The molecular formula is C19H22O. The smallest absolute Gasteiger partial charge is 0.150 e. The summed E-state index contributed by atoms with van der Waals surface area (Å²) in [6.07, 6.45) is 4.40. The van der Waals surface area contributed by atoms with Crippen molar-refractivity contribution in [3.8, 4) is 11.1 Å². The molecular weight excluding hydrogens is 244 g/mol. The minimum absolute atomic E-state index is 0.333. The molecule has 1 atom stereocenters. The summed E-state index contributed by atoms with van der Waals surface area (Å²) in [7, 11) is 0. The van der Waals surface area contributed by atoms with Gasteiger partial charge in [0, 0.05) is 5.56 Å². The Morgan fingerprint density at radius 1 is 1.05 bits per heavy atom. The van der Waals surface area contributed by atoms with Crippen molar-refractivity contribution in [1.29, 1.82) is 0 Å². The topological polar surface area (TPSA) is 17.1 Å². The van der Waals surface area contributed by atoms with Gasteiger partial charge in [-0.1, -0.05) is 51.1 Å². The van der Waals surface area contributed by atoms with Crippen molar-refractivity contribution in [2.24, 2.45) is 11.3 Å². The van der Waals surface area contributed by atoms with Crippen LogP contribution in [-0.4, -0.2) is 6.29 Å². The Morgan fingerprint density at radius 3 is 2.40 bits per heavy atom. The van der Waals surface area contributed by atoms with Gasteiger partial charge in [0.1, 0.15) is 0 Å². The number of carbonyl (C=O) groups excluding carboxylic acids is 1. The van der Waals surface area contributed by atoms with Gasteiger partial charge in [0.05, 0.1) is 0 Å². The first-order valence-corrected chi connectivity index (χ1v) is 7.50. The summed E-state index contributed by atoms with van der Waals surface area (Å²) in [6.45, 7) is 6.98. The quantitative estimate of drug-likeness (QED) is 0.680. The van der Waals surface area contributed by atoms with Gasteiger partial charge in [-0.2, -0.15) is 0 Å². The molecule has 0 N–H and O–H groups in total. The van der Waals surface area contributed by atoms with Crippen molar-refractivity contribution in [2.45, 2.75) is 40.0 Å². The molecule has 0 bridgehead atoms. The molecule has 0 fully saturated rings. The lowest BCUT2D eigenvalue weighted by molar-refractivity contribution is 0.112. The molecule has 0 saturated heterocycles. The van der Waals surface area contributed by atoms with Crippen molar-refractivity contribution in [1.82, 2.24) is 0 Å². The van der Waals surface area contributed by atoms with Gasteiger partial charge in [0.15, 0.2) is 6.29 Å². The number of fused-ring (bicyclic) bond motifs is 3. The van der Waals surface area contributed by atoms with E-state index in [1.165, 1.54) is 23.1 Å². The maximum absolute atomic E-state index is 11.5. The van der Waals surface area contributed by atoms with E-state index in [1.807, 2.05) is 12.1 Å². The van der Waals surface area contributed by atoms with Gasteiger partial charge in [-0.3, -0.25) is 4.79 Å². The molecule has 3 aliphatic rings. The van der Waals surface area contributed by atoms with Gasteiger partial charge in [-0.15, -0.1) is 0 Å². The first-order valence-electron chi connectivity index (χ1n) is 7.50. The molecule has 0 spiro atoms. The van der Waals surface area contributed by atoms with Crippen LogP contribution < -0.4 is 0 Å². The van der Waals surface area contributed by atoms with Crippen LogP contribution in [0, 0.1) is 11.3 Å². The highest BCUT2D eigenvalue weighted by atomic mass is 16.1. The van der Waals surface area contributed by atoms with Crippen LogP contribution in [0.5, 0.6) is 0 Å². The lowest BCUT2D eigenvalue weighted by Gasteiger charge is -2.34. The summed E-state index contributed by atoms with van der Waals surface area (Å²) in [5.41, 5.74) is 6.40. The largest absolute Gasteiger partial charge is 0.298 e. The zero-order valence-corrected chi connectivity index (χ0v) is 12.6. The number of carbonyl (C=O) groups is 1. The number of rotatable bonds is 1. The summed E-state index contributed by atoms with van der Waals surface area (Å²) in [6, 6.07) is 10.4. The second-order valence-corrected chi connectivity index (χ2v) is 7.03. The molecule has 20 heavy (non-hydrogen) atoms. The van der Waals surface area contributed by atoms with Crippen molar-refractivity contribution in [2.75, 3.05) is 0 Å². The molecule has 0 heterocycles. The second kappa shape index (κ2) is 4.73. The molecule has 1 unspecified atom stereocenters. The van der Waals surface area contributed by atoms with Crippen LogP contribution in [0.15, 0.2) is 30.3 Å². The van der Waals surface area contributed by atoms with Crippen molar-refractivity contribution < 1.29 is 4.79 Å². The first kappa shape index (κ1) is 13.4. The van der Waals surface area contributed by atoms with Crippen LogP contribution in [-0.2, 0) is 12.8 Å². The maximum Gasteiger partial charge on any atom is 0.150 e. The molecule has 0 saturated carbocycles. The van der Waals surface area contributed by atoms with Gasteiger partial charge in [-0.05, 0) is 52.8 Å². The summed E-state index contributed by atoms with van der Waals surface area (Å²) in [5.74, 6) is 0.700. The Hall–Kier alpha value is -1.63. The molecule has 0 radical (unpaired) electrons. The Kier molecular flexibility index (Phi) is 3.16. The van der Waals surface area contributed by atoms with Crippen LogP contribution in [0.1, 0.15) is 48.7 Å². The van der Waals surface area contributed by atoms with Gasteiger partial charge >= 0.3 is 0 Å². The van der Waals surface area contributed by atoms with E-state index >= 15 is 0 Å². The molecule has 1 nitrogen and oxygen atoms in total. The lowest BCUT2D eigenvalue weighted by atomic mass is 9.71. The Bertz CT molecular complexity index is 618. The lowest BCUT2D eigenvalue weighted by Crippen LogP contribution is -2.26. The Balaban J connectivity index is 2.16. The fourth-order valence-electron chi connectivity index (χ4n) is 3.59. The highest BCUT2D eigenvalue weighted by Crippen LogP contribution is 2.44. The van der Waals surface area contributed by atoms with Gasteiger partial charge in [0.2, 0.25) is 0 Å². The summed E-state index contributed by atoms with van der Waals surface area (Å²) in [5, 5.41) is 0. The van der Waals surface area contributed by atoms with E-state index in [4.69, 9.17) is 0 Å². The van der Waals surface area contributed by atoms with E-state index in [-0.39, 0.29) is 0 Å². The second-order valence-electron chi connectivity index (χ2n) is 7.03. The van der Waals surface area contributed by atoms with Crippen molar-refractivity contribution in [3.05, 3.63) is 47.0 Å². The summed E-state index contributed by atoms with van der Waals surface area (Å²) < 4.78 is 0. The average Bonchev–Trinajstić information content (AvgIpc) is 2.56. The number of hydrogen-bond acceptors (Lipinski definition) is 1. The predicted molar refractivity (Wildman–Crippen MR) is 83.4 cm³/mol. The molecule has 3 aliphatic carbocycles. The number of hydrogen-bond donors (Lipinski definition) is 0. The third kappa shape index (κ3) is 2.06. The highest BCUT2D eigenvalue weighted by molar-refractivity contribution is 5.94. The normalized spacial score (nSPS) is 18.9. The maximum atomic E-state index is 11.5. The molecule has 3 rings (SSSR count). The number of aldehydes is 1. The van der Waals surface area contributed by atoms with E-state index in [1.54, 1.807) is 0 Å². The van der Waals surface area contributed by atoms with Gasteiger partial charge in [-0.25, -0.2) is 0 Å². The van der Waals surface area contributed by atoms with Crippen LogP contribution in [0.25, 0.3) is 11.1 Å². The zero-order valence-electron chi connectivity index (χ0n) is 12.6. The van der Waals surface area contributed by atoms with Crippen LogP contribution in [0.3, 0.4) is 0 Å². The molecule has 0 amide bonds. The minimum atomic E-state index is 0.333. The van der Waals surface area contributed by atoms with Crippen molar-refractivity contribution >= 4 is 6.29 Å². The fourth-order valence-corrected chi connectivity index (χ4v) is 3.59. The van der Waals surface area contributed by atoms with E-state index < -0.39 is 0 Å². The Labute approximate surface area is 121 Å². The fraction of sp³-hybridized carbons (Fsp3) is 0.421. The SMILES string of the molecule is CC(C)(C)C1CCc2c(C=O)c3cccccc-3c2C1. The van der Waals surface area contributed by atoms with E-state index in [2.05, 4.69) is 39.0 Å². The van der Waals surface area contributed by atoms with Crippen LogP contribution in [0.4, 0.5) is 0 Å². The van der Waals surface area contributed by atoms with Crippen LogP contribution >= 0.6 is 0 Å². The first-order chi connectivity index (χ1) is 9.52. The molecule has 0 aromatic rings. The monoisotopic (exact) mass is 266 g/mol. The standard InChI is InChI=1S/C19H22O/c1-19(2,3)13-9-10-16-17(11-13)14-7-5-4-6-8-15(14)18(16)12-20/h4-8,12-13H,9-11H2,1-3H3. The average molecular weight is 266 g/mol. The summed E-state index contributed by atoms with van der Waals surface area (Å²) in [4.78, 5) is 11.5. The van der Waals surface area contributed by atoms with E-state index in [0.717, 1.165) is 30.3 Å². The molecule has 0 aromatic heterocycles. The third-order valence-corrected chi connectivity index (χ3v) is 4.88. The minimum Gasteiger partial charge on any atom is -0.298 e. The molecule has 1 heteroatoms.